The summed E-state index contributed by atoms with van der Waals surface area (Å²) in [6.07, 6.45) is 4.01. The summed E-state index contributed by atoms with van der Waals surface area (Å²) < 4.78 is 27.3. The van der Waals surface area contributed by atoms with Crippen LogP contribution in [0.2, 0.25) is 0 Å². The molecule has 0 spiro atoms. The maximum atomic E-state index is 12.4. The van der Waals surface area contributed by atoms with E-state index < -0.39 is 15.6 Å². The lowest BCUT2D eigenvalue weighted by Gasteiger charge is -2.26. The summed E-state index contributed by atoms with van der Waals surface area (Å²) in [6.45, 7) is 3.77. The van der Waals surface area contributed by atoms with Crippen molar-refractivity contribution >= 4 is 16.1 Å². The summed E-state index contributed by atoms with van der Waals surface area (Å²) >= 11 is 0. The van der Waals surface area contributed by atoms with Gasteiger partial charge in [0.25, 0.3) is 0 Å². The number of rotatable bonds is 6. The molecule has 1 aromatic rings. The van der Waals surface area contributed by atoms with Gasteiger partial charge < -0.3 is 5.11 Å². The topological polar surface area (TPSA) is 66.4 Å². The Morgan fingerprint density at radius 2 is 1.86 bits per heavy atom. The molecule has 2 N–H and O–H groups in total. The lowest BCUT2D eigenvalue weighted by atomic mass is 9.98. The van der Waals surface area contributed by atoms with E-state index >= 15 is 0 Å². The number of benzene rings is 1. The first kappa shape index (κ1) is 16.2. The first-order valence-corrected chi connectivity index (χ1v) is 8.89. The van der Waals surface area contributed by atoms with Crippen molar-refractivity contribution in [1.29, 1.82) is 0 Å². The fourth-order valence-electron chi connectivity index (χ4n) is 2.44. The average Bonchev–Trinajstić information content (AvgIpc) is 2.52. The van der Waals surface area contributed by atoms with E-state index in [1.165, 1.54) is 5.56 Å². The molecule has 5 heteroatoms. The highest BCUT2D eigenvalue weighted by molar-refractivity contribution is 7.93. The zero-order chi connectivity index (χ0) is 15.5. The molecule has 0 aliphatic heterocycles. The second-order valence-corrected chi connectivity index (χ2v) is 7.39. The van der Waals surface area contributed by atoms with Crippen LogP contribution in [0.4, 0.5) is 0 Å². The molecule has 1 aromatic carbocycles. The van der Waals surface area contributed by atoms with Crippen molar-refractivity contribution < 1.29 is 13.5 Å². The Bertz CT molecular complexity index is 631. The maximum Gasteiger partial charge on any atom is 0.236 e. The number of hydrogen-bond acceptors (Lipinski definition) is 3. The molecule has 1 aliphatic rings. The fraction of sp³-hybridized carbons (Fsp3) is 0.500. The molecular formula is C16H23NO3S. The van der Waals surface area contributed by atoms with Crippen LogP contribution >= 0.6 is 0 Å². The SMILES string of the molecule is CCC(O)(CC)CNS(=O)(=O)C1=Cc2ccccc2CC1. The predicted molar refractivity (Wildman–Crippen MR) is 85.2 cm³/mol. The molecule has 0 saturated carbocycles. The van der Waals surface area contributed by atoms with Crippen molar-refractivity contribution in [2.75, 3.05) is 6.54 Å². The highest BCUT2D eigenvalue weighted by atomic mass is 32.2. The lowest BCUT2D eigenvalue weighted by molar-refractivity contribution is 0.0377. The first-order valence-electron chi connectivity index (χ1n) is 7.41. The molecular weight excluding hydrogens is 286 g/mol. The zero-order valence-electron chi connectivity index (χ0n) is 12.6. The second-order valence-electron chi connectivity index (χ2n) is 5.57. The number of aliphatic hydroxyl groups is 1. The number of allylic oxidation sites excluding steroid dienone is 1. The van der Waals surface area contributed by atoms with Gasteiger partial charge in [0.15, 0.2) is 0 Å². The second kappa shape index (κ2) is 6.30. The van der Waals surface area contributed by atoms with Crippen LogP contribution in [0.1, 0.15) is 44.2 Å². The molecule has 0 heterocycles. The molecule has 1 aliphatic carbocycles. The van der Waals surface area contributed by atoms with Crippen LogP contribution in [0.3, 0.4) is 0 Å². The highest BCUT2D eigenvalue weighted by Gasteiger charge is 2.27. The van der Waals surface area contributed by atoms with E-state index in [1.807, 2.05) is 38.1 Å². The van der Waals surface area contributed by atoms with Gasteiger partial charge in [-0.3, -0.25) is 0 Å². The number of aryl methyl sites for hydroxylation is 1. The van der Waals surface area contributed by atoms with Crippen LogP contribution in [0.25, 0.3) is 6.08 Å². The van der Waals surface area contributed by atoms with Crippen molar-refractivity contribution in [3.63, 3.8) is 0 Å². The Morgan fingerprint density at radius 1 is 1.19 bits per heavy atom. The molecule has 0 atom stereocenters. The van der Waals surface area contributed by atoms with Crippen LogP contribution in [-0.4, -0.2) is 25.7 Å². The van der Waals surface area contributed by atoms with Gasteiger partial charge >= 0.3 is 0 Å². The first-order chi connectivity index (χ1) is 9.90. The number of hydrogen-bond donors (Lipinski definition) is 2. The Kier molecular flexibility index (Phi) is 4.86. The van der Waals surface area contributed by atoms with Gasteiger partial charge in [0.05, 0.1) is 10.5 Å². The van der Waals surface area contributed by atoms with Crippen molar-refractivity contribution in [3.05, 3.63) is 40.3 Å². The summed E-state index contributed by atoms with van der Waals surface area (Å²) in [5.74, 6) is 0. The Balaban J connectivity index is 2.16. The molecule has 116 valence electrons. The van der Waals surface area contributed by atoms with Crippen LogP contribution in [0, 0.1) is 0 Å². The summed E-state index contributed by atoms with van der Waals surface area (Å²) in [6, 6.07) is 7.83. The number of sulfonamides is 1. The lowest BCUT2D eigenvalue weighted by Crippen LogP contribution is -2.42. The van der Waals surface area contributed by atoms with E-state index in [-0.39, 0.29) is 6.54 Å². The molecule has 0 fully saturated rings. The largest absolute Gasteiger partial charge is 0.389 e. The van der Waals surface area contributed by atoms with Gasteiger partial charge in [-0.15, -0.1) is 0 Å². The molecule has 0 aromatic heterocycles. The fourth-order valence-corrected chi connectivity index (χ4v) is 3.74. The van der Waals surface area contributed by atoms with Gasteiger partial charge in [-0.1, -0.05) is 38.1 Å². The van der Waals surface area contributed by atoms with E-state index in [4.69, 9.17) is 0 Å². The summed E-state index contributed by atoms with van der Waals surface area (Å²) in [5.41, 5.74) is 1.17. The molecule has 4 nitrogen and oxygen atoms in total. The van der Waals surface area contributed by atoms with Crippen molar-refractivity contribution in [2.24, 2.45) is 0 Å². The standard InChI is InChI=1S/C16H23NO3S/c1-3-16(18,4-2)12-17-21(19,20)15-10-9-13-7-5-6-8-14(13)11-15/h5-8,11,17-18H,3-4,9-10,12H2,1-2H3. The molecule has 0 unspecified atom stereocenters. The van der Waals surface area contributed by atoms with E-state index in [2.05, 4.69) is 4.72 Å². The molecule has 0 radical (unpaired) electrons. The quantitative estimate of drug-likeness (QED) is 0.848. The number of fused-ring (bicyclic) bond motifs is 1. The van der Waals surface area contributed by atoms with Crippen LogP contribution in [0.5, 0.6) is 0 Å². The average molecular weight is 309 g/mol. The molecule has 0 bridgehead atoms. The van der Waals surface area contributed by atoms with Crippen molar-refractivity contribution in [3.8, 4) is 0 Å². The van der Waals surface area contributed by atoms with Crippen LogP contribution in [-0.2, 0) is 16.4 Å². The predicted octanol–water partition coefficient (Wildman–Crippen LogP) is 2.44. The summed E-state index contributed by atoms with van der Waals surface area (Å²) in [4.78, 5) is 0.399. The van der Waals surface area contributed by atoms with Gasteiger partial charge in [-0.05, 0) is 42.9 Å². The monoisotopic (exact) mass is 309 g/mol. The normalized spacial score (nSPS) is 15.5. The van der Waals surface area contributed by atoms with Gasteiger partial charge in [0, 0.05) is 6.54 Å². The van der Waals surface area contributed by atoms with Crippen molar-refractivity contribution in [2.45, 2.75) is 45.1 Å². The maximum absolute atomic E-state index is 12.4. The van der Waals surface area contributed by atoms with Gasteiger partial charge in [0.2, 0.25) is 10.0 Å². The minimum absolute atomic E-state index is 0.0569. The minimum atomic E-state index is -3.53. The summed E-state index contributed by atoms with van der Waals surface area (Å²) in [5, 5.41) is 10.2. The van der Waals surface area contributed by atoms with Gasteiger partial charge in [-0.25, -0.2) is 13.1 Å². The molecule has 2 rings (SSSR count). The highest BCUT2D eigenvalue weighted by Crippen LogP contribution is 2.26. The van der Waals surface area contributed by atoms with Gasteiger partial charge in [-0.2, -0.15) is 0 Å². The van der Waals surface area contributed by atoms with E-state index in [1.54, 1.807) is 6.08 Å². The Hall–Kier alpha value is -1.17. The third kappa shape index (κ3) is 3.73. The number of nitrogens with one attached hydrogen (secondary N) is 1. The minimum Gasteiger partial charge on any atom is -0.389 e. The Morgan fingerprint density at radius 3 is 2.52 bits per heavy atom. The molecule has 21 heavy (non-hydrogen) atoms. The molecule has 0 amide bonds. The van der Waals surface area contributed by atoms with E-state index in [0.29, 0.717) is 24.2 Å². The third-order valence-electron chi connectivity index (χ3n) is 4.26. The van der Waals surface area contributed by atoms with Gasteiger partial charge in [0.1, 0.15) is 0 Å². The summed E-state index contributed by atoms with van der Waals surface area (Å²) in [7, 11) is -3.53. The third-order valence-corrected chi connectivity index (χ3v) is 5.80. The van der Waals surface area contributed by atoms with Crippen molar-refractivity contribution in [1.82, 2.24) is 4.72 Å². The van der Waals surface area contributed by atoms with E-state index in [9.17, 15) is 13.5 Å². The zero-order valence-corrected chi connectivity index (χ0v) is 13.4. The molecule has 0 saturated heterocycles. The Labute approximate surface area is 126 Å². The van der Waals surface area contributed by atoms with Crippen LogP contribution < -0.4 is 4.72 Å². The smallest absolute Gasteiger partial charge is 0.236 e. The van der Waals surface area contributed by atoms with E-state index in [0.717, 1.165) is 12.0 Å². The van der Waals surface area contributed by atoms with Crippen LogP contribution in [0.15, 0.2) is 29.2 Å².